The maximum Gasteiger partial charge on any atom is 0.489 e. The Bertz CT molecular complexity index is 1620. The number of anilines is 1. The van der Waals surface area contributed by atoms with Crippen LogP contribution in [0.5, 0.6) is 11.5 Å². The number of para-hydroxylation sites is 1. The molecule has 0 saturated heterocycles. The number of halogens is 2. The summed E-state index contributed by atoms with van der Waals surface area (Å²) in [6, 6.07) is 12.6. The van der Waals surface area contributed by atoms with Crippen molar-refractivity contribution < 1.29 is 24.2 Å². The Morgan fingerprint density at radius 2 is 1.58 bits per heavy atom. The van der Waals surface area contributed by atoms with Crippen LogP contribution in [0.1, 0.15) is 86.1 Å². The highest BCUT2D eigenvalue weighted by atomic mass is 79.9. The minimum Gasteiger partial charge on any atom is -0.507 e. The SMILES string of the molecule is CC(C)(C)c1cc(CCC(=[OH+])Oc2cccc3c2NC(C2C(=O)c4c(Br)ccc(Br)c4C2=[OH+])C=C3)cc(C(C)(C)C)c1O. The van der Waals surface area contributed by atoms with E-state index in [4.69, 9.17) is 4.74 Å². The number of nitrogens with one attached hydrogen (secondary N) is 1. The van der Waals surface area contributed by atoms with Gasteiger partial charge in [0, 0.05) is 20.6 Å². The van der Waals surface area contributed by atoms with Crippen molar-refractivity contribution in [1.82, 2.24) is 0 Å². The lowest BCUT2D eigenvalue weighted by Crippen LogP contribution is -2.36. The quantitative estimate of drug-likeness (QED) is 0.121. The van der Waals surface area contributed by atoms with Gasteiger partial charge < -0.3 is 15.2 Å². The largest absolute Gasteiger partial charge is 0.507 e. The zero-order chi connectivity index (χ0) is 31.4. The standard InChI is InChI=1S/C35H35Br2NO5/c1-34(2,3)20-16-18(17-21(31(20)40)35(4,5)6)10-15-26(39)43-25-9-7-8-19-11-14-24(38-30(19)25)29-32(41)27-22(36)12-13-23(37)28(27)33(29)42/h7-9,11-14,16-17,24,29,38,40H,10,15H2,1-6H3/p+2. The zero-order valence-corrected chi connectivity index (χ0v) is 28.4. The molecule has 0 radical (unpaired) electrons. The molecule has 43 heavy (non-hydrogen) atoms. The van der Waals surface area contributed by atoms with Gasteiger partial charge in [0.2, 0.25) is 0 Å². The molecule has 0 aromatic heterocycles. The average Bonchev–Trinajstić information content (AvgIpc) is 3.19. The first-order valence-corrected chi connectivity index (χ1v) is 15.9. The Morgan fingerprint density at radius 3 is 2.16 bits per heavy atom. The second kappa shape index (κ2) is 11.4. The first-order chi connectivity index (χ1) is 20.1. The molecular formula is C35H37Br2NO5+2. The van der Waals surface area contributed by atoms with Crippen LogP contribution in [-0.4, -0.2) is 38.3 Å². The Hall–Kier alpha value is -3.23. The van der Waals surface area contributed by atoms with Crippen LogP contribution in [0.3, 0.4) is 0 Å². The van der Waals surface area contributed by atoms with Crippen LogP contribution in [0.2, 0.25) is 0 Å². The number of carbonyl (C=O) groups is 1. The van der Waals surface area contributed by atoms with E-state index in [0.29, 0.717) is 43.7 Å². The molecule has 1 heterocycles. The van der Waals surface area contributed by atoms with Gasteiger partial charge in [0.05, 0.1) is 11.6 Å². The fraction of sp³-hybridized carbons (Fsp3) is 0.343. The fourth-order valence-corrected chi connectivity index (χ4v) is 6.83. The maximum absolute atomic E-state index is 13.5. The van der Waals surface area contributed by atoms with E-state index < -0.39 is 12.0 Å². The molecule has 4 N–H and O–H groups in total. The average molecular weight is 711 g/mol. The summed E-state index contributed by atoms with van der Waals surface area (Å²) < 4.78 is 7.26. The maximum atomic E-state index is 13.5. The number of carbonyl (C=O) groups excluding carboxylic acids is 3. The molecule has 2 aliphatic rings. The van der Waals surface area contributed by atoms with Crippen LogP contribution in [0.15, 0.2) is 57.5 Å². The number of rotatable bonds is 5. The number of esters is 1. The van der Waals surface area contributed by atoms with Gasteiger partial charge in [0.25, 0.3) is 5.75 Å². The molecule has 0 amide bonds. The summed E-state index contributed by atoms with van der Waals surface area (Å²) in [5.41, 5.74) is 4.67. The van der Waals surface area contributed by atoms with Gasteiger partial charge in [-0.3, -0.25) is 14.3 Å². The second-order valence-electron chi connectivity index (χ2n) is 13.3. The van der Waals surface area contributed by atoms with E-state index in [0.717, 1.165) is 22.3 Å². The molecule has 224 valence electrons. The van der Waals surface area contributed by atoms with E-state index >= 15 is 0 Å². The number of aryl methyl sites for hydroxylation is 1. The van der Waals surface area contributed by atoms with E-state index in [9.17, 15) is 19.5 Å². The van der Waals surface area contributed by atoms with Crippen molar-refractivity contribution in [2.24, 2.45) is 5.92 Å². The number of hydrogen-bond acceptors (Lipinski definition) is 4. The highest BCUT2D eigenvalue weighted by Crippen LogP contribution is 2.42. The minimum atomic E-state index is -0.816. The molecule has 5 rings (SSSR count). The minimum absolute atomic E-state index is 0.00438. The van der Waals surface area contributed by atoms with Crippen LogP contribution in [0, 0.1) is 5.92 Å². The first-order valence-electron chi connectivity index (χ1n) is 14.3. The van der Waals surface area contributed by atoms with Crippen LogP contribution in [0.4, 0.5) is 5.69 Å². The smallest absolute Gasteiger partial charge is 0.489 e. The third kappa shape index (κ3) is 5.96. The fourth-order valence-electron chi connectivity index (χ4n) is 5.77. The van der Waals surface area contributed by atoms with Gasteiger partial charge in [-0.15, -0.1) is 0 Å². The van der Waals surface area contributed by atoms with Crippen LogP contribution in [0.25, 0.3) is 6.08 Å². The predicted octanol–water partition coefficient (Wildman–Crippen LogP) is 8.24. The third-order valence-corrected chi connectivity index (χ3v) is 9.36. The summed E-state index contributed by atoms with van der Waals surface area (Å²) in [6.45, 7) is 12.4. The lowest BCUT2D eigenvalue weighted by molar-refractivity contribution is 0.0956. The molecule has 3 aromatic carbocycles. The molecule has 2 unspecified atom stereocenters. The number of Topliss-reactive ketones (excluding diaryl/α,β-unsaturated/α-hetero) is 1. The molecule has 1 aliphatic carbocycles. The van der Waals surface area contributed by atoms with E-state index in [1.807, 2.05) is 36.4 Å². The number of benzene rings is 3. The highest BCUT2D eigenvalue weighted by Gasteiger charge is 2.50. The van der Waals surface area contributed by atoms with Crippen molar-refractivity contribution in [3.05, 3.63) is 90.9 Å². The van der Waals surface area contributed by atoms with Crippen LogP contribution in [-0.2, 0) is 17.3 Å². The number of fused-ring (bicyclic) bond motifs is 2. The second-order valence-corrected chi connectivity index (χ2v) is 15.0. The number of phenolic OH excluding ortho intramolecular Hbond substituents is 1. The van der Waals surface area contributed by atoms with Crippen molar-refractivity contribution >= 4 is 61.2 Å². The Labute approximate surface area is 269 Å². The molecule has 1 aliphatic heterocycles. The van der Waals surface area contributed by atoms with Gasteiger partial charge in [-0.05, 0) is 62.0 Å². The van der Waals surface area contributed by atoms with Crippen molar-refractivity contribution in [1.29, 1.82) is 0 Å². The van der Waals surface area contributed by atoms with E-state index in [-0.39, 0.29) is 34.8 Å². The van der Waals surface area contributed by atoms with E-state index in [1.165, 1.54) is 0 Å². The third-order valence-electron chi connectivity index (χ3n) is 8.04. The van der Waals surface area contributed by atoms with Gasteiger partial charge in [-0.25, -0.2) is 0 Å². The summed E-state index contributed by atoms with van der Waals surface area (Å²) in [6.07, 6.45) is 4.54. The van der Waals surface area contributed by atoms with E-state index in [2.05, 4.69) is 78.7 Å². The van der Waals surface area contributed by atoms with Crippen molar-refractivity contribution in [2.45, 2.75) is 71.3 Å². The van der Waals surface area contributed by atoms with Gasteiger partial charge in [0.15, 0.2) is 11.7 Å². The number of phenols is 1. The Morgan fingerprint density at radius 1 is 0.977 bits per heavy atom. The summed E-state index contributed by atoms with van der Waals surface area (Å²) in [7, 11) is 0. The monoisotopic (exact) mass is 709 g/mol. The number of hydrogen-bond donors (Lipinski definition) is 2. The lowest BCUT2D eigenvalue weighted by Gasteiger charge is -2.28. The molecule has 3 aromatic rings. The summed E-state index contributed by atoms with van der Waals surface area (Å²) in [5, 5.41) is 14.4. The highest BCUT2D eigenvalue weighted by molar-refractivity contribution is 9.11. The Balaban J connectivity index is 1.34. The predicted molar refractivity (Wildman–Crippen MR) is 180 cm³/mol. The molecule has 2 atom stereocenters. The van der Waals surface area contributed by atoms with Crippen molar-refractivity contribution in [3.8, 4) is 11.5 Å². The van der Waals surface area contributed by atoms with Gasteiger partial charge in [-0.1, -0.05) is 93.9 Å². The molecule has 0 bridgehead atoms. The lowest BCUT2D eigenvalue weighted by atomic mass is 9.78. The van der Waals surface area contributed by atoms with Gasteiger partial charge in [-0.2, -0.15) is 0 Å². The van der Waals surface area contributed by atoms with Crippen LogP contribution < -0.4 is 10.1 Å². The molecule has 0 spiro atoms. The van der Waals surface area contributed by atoms with E-state index in [1.54, 1.807) is 18.2 Å². The zero-order valence-electron chi connectivity index (χ0n) is 25.2. The topological polar surface area (TPSA) is 101 Å². The van der Waals surface area contributed by atoms with Crippen molar-refractivity contribution in [3.63, 3.8) is 0 Å². The van der Waals surface area contributed by atoms with Crippen molar-refractivity contribution in [2.75, 3.05) is 5.32 Å². The normalized spacial score (nSPS) is 17.9. The molecule has 8 heteroatoms. The first kappa shape index (κ1) is 31.2. The molecule has 6 nitrogen and oxygen atoms in total. The van der Waals surface area contributed by atoms with Gasteiger partial charge >= 0.3 is 11.8 Å². The number of aromatic hydroxyl groups is 1. The number of ketones is 2. The molecule has 0 saturated carbocycles. The summed E-state index contributed by atoms with van der Waals surface area (Å²) >= 11 is 6.93. The number of ether oxygens (including phenoxy) is 1. The van der Waals surface area contributed by atoms with Crippen LogP contribution >= 0.6 is 31.9 Å². The summed E-state index contributed by atoms with van der Waals surface area (Å²) in [5.74, 6) is -0.392. The van der Waals surface area contributed by atoms with Gasteiger partial charge in [0.1, 0.15) is 23.4 Å². The molecule has 0 fully saturated rings. The summed E-state index contributed by atoms with van der Waals surface area (Å²) in [4.78, 5) is 35.5. The Kier molecular flexibility index (Phi) is 8.24. The molecular weight excluding hydrogens is 674 g/mol.